The van der Waals surface area contributed by atoms with E-state index in [1.807, 2.05) is 0 Å². The van der Waals surface area contributed by atoms with E-state index < -0.39 is 23.5 Å². The Balaban J connectivity index is 2.01. The lowest BCUT2D eigenvalue weighted by molar-refractivity contribution is -0.145. The zero-order valence-electron chi connectivity index (χ0n) is 14.3. The van der Waals surface area contributed by atoms with Gasteiger partial charge in [-0.3, -0.25) is 4.79 Å². The Morgan fingerprint density at radius 2 is 2.04 bits per heavy atom. The summed E-state index contributed by atoms with van der Waals surface area (Å²) in [4.78, 5) is 35.9. The molecule has 0 saturated heterocycles. The summed E-state index contributed by atoms with van der Waals surface area (Å²) in [6.45, 7) is 3.21. The van der Waals surface area contributed by atoms with E-state index >= 15 is 0 Å². The van der Waals surface area contributed by atoms with E-state index in [1.165, 1.54) is 7.11 Å². The van der Waals surface area contributed by atoms with Gasteiger partial charge in [0.05, 0.1) is 18.4 Å². The fraction of sp³-hybridized carbons (Fsp3) is 0.389. The molecule has 1 atom stereocenters. The number of ether oxygens (including phenoxy) is 3. The molecule has 0 unspecified atom stereocenters. The van der Waals surface area contributed by atoms with Gasteiger partial charge in [-0.1, -0.05) is 18.2 Å². The zero-order chi connectivity index (χ0) is 18.2. The topological polar surface area (TPSA) is 90.9 Å². The maximum absolute atomic E-state index is 12.4. The number of carbonyl (C=O) groups excluding carboxylic acids is 3. The first-order valence-corrected chi connectivity index (χ1v) is 7.90. The summed E-state index contributed by atoms with van der Waals surface area (Å²) in [5.74, 6) is -1.23. The molecular formula is C18H19NO6. The summed E-state index contributed by atoms with van der Waals surface area (Å²) in [5, 5.41) is 2.76. The minimum Gasteiger partial charge on any atom is -0.482 e. The predicted octanol–water partition coefficient (Wildman–Crippen LogP) is 1.43. The van der Waals surface area contributed by atoms with Gasteiger partial charge in [0.1, 0.15) is 11.4 Å². The molecule has 0 aliphatic carbocycles. The molecule has 25 heavy (non-hydrogen) atoms. The van der Waals surface area contributed by atoms with Gasteiger partial charge >= 0.3 is 11.9 Å². The number of benzene rings is 1. The minimum atomic E-state index is -0.886. The third-order valence-electron chi connectivity index (χ3n) is 4.31. The SMILES string of the molecule is COC(=O)COc1ccccc1[C@@H]1CC(=O)NC2=C1C(=O)OC2(C)C. The van der Waals surface area contributed by atoms with E-state index in [2.05, 4.69) is 10.1 Å². The third kappa shape index (κ3) is 3.09. The van der Waals surface area contributed by atoms with Crippen molar-refractivity contribution >= 4 is 17.8 Å². The average Bonchev–Trinajstić information content (AvgIpc) is 2.81. The van der Waals surface area contributed by atoms with Gasteiger partial charge in [-0.15, -0.1) is 0 Å². The van der Waals surface area contributed by atoms with Crippen molar-refractivity contribution in [3.8, 4) is 5.75 Å². The van der Waals surface area contributed by atoms with E-state index in [-0.39, 0.29) is 18.9 Å². The van der Waals surface area contributed by atoms with Gasteiger partial charge in [-0.2, -0.15) is 0 Å². The molecule has 7 heteroatoms. The standard InChI is InChI=1S/C18H19NO6/c1-18(2)16-15(17(22)25-18)11(8-13(20)19-16)10-6-4-5-7-12(10)24-9-14(21)23-3/h4-7,11H,8-9H2,1-3H3,(H,19,20)/t11-/m0/s1. The van der Waals surface area contributed by atoms with Crippen molar-refractivity contribution in [1.82, 2.24) is 5.32 Å². The molecule has 1 amide bonds. The predicted molar refractivity (Wildman–Crippen MR) is 86.7 cm³/mol. The van der Waals surface area contributed by atoms with Crippen LogP contribution in [0.4, 0.5) is 0 Å². The normalized spacial score (nSPS) is 21.3. The molecule has 2 aliphatic heterocycles. The number of hydrogen-bond donors (Lipinski definition) is 1. The zero-order valence-corrected chi connectivity index (χ0v) is 14.3. The molecule has 0 bridgehead atoms. The number of para-hydroxylation sites is 1. The number of methoxy groups -OCH3 is 1. The van der Waals surface area contributed by atoms with Crippen LogP contribution < -0.4 is 10.1 Å². The van der Waals surface area contributed by atoms with Gasteiger partial charge in [0.25, 0.3) is 0 Å². The van der Waals surface area contributed by atoms with Gasteiger partial charge in [0.15, 0.2) is 6.61 Å². The molecule has 7 nitrogen and oxygen atoms in total. The van der Waals surface area contributed by atoms with Gasteiger partial charge in [-0.25, -0.2) is 9.59 Å². The number of nitrogens with one attached hydrogen (secondary N) is 1. The van der Waals surface area contributed by atoms with E-state index in [0.29, 0.717) is 22.6 Å². The monoisotopic (exact) mass is 345 g/mol. The van der Waals surface area contributed by atoms with Crippen molar-refractivity contribution in [2.75, 3.05) is 13.7 Å². The quantitative estimate of drug-likeness (QED) is 0.830. The van der Waals surface area contributed by atoms with Crippen molar-refractivity contribution in [3.63, 3.8) is 0 Å². The first-order chi connectivity index (χ1) is 11.8. The molecule has 2 aliphatic rings. The van der Waals surface area contributed by atoms with Crippen LogP contribution in [0, 0.1) is 0 Å². The van der Waals surface area contributed by atoms with Crippen LogP contribution in [0.25, 0.3) is 0 Å². The number of hydrogen-bond acceptors (Lipinski definition) is 6. The van der Waals surface area contributed by atoms with Gasteiger partial charge in [0, 0.05) is 17.9 Å². The summed E-state index contributed by atoms with van der Waals surface area (Å²) >= 11 is 0. The Morgan fingerprint density at radius 1 is 1.32 bits per heavy atom. The first kappa shape index (κ1) is 17.0. The molecule has 1 aromatic carbocycles. The lowest BCUT2D eigenvalue weighted by Crippen LogP contribution is -2.38. The van der Waals surface area contributed by atoms with Gasteiger partial charge < -0.3 is 19.5 Å². The Labute approximate surface area is 144 Å². The molecule has 0 radical (unpaired) electrons. The van der Waals surface area contributed by atoms with Crippen molar-refractivity contribution < 1.29 is 28.6 Å². The van der Waals surface area contributed by atoms with Crippen LogP contribution in [0.1, 0.15) is 31.7 Å². The highest BCUT2D eigenvalue weighted by molar-refractivity contribution is 5.99. The second-order valence-electron chi connectivity index (χ2n) is 6.40. The van der Waals surface area contributed by atoms with E-state index in [9.17, 15) is 14.4 Å². The van der Waals surface area contributed by atoms with Crippen LogP contribution in [0.5, 0.6) is 5.75 Å². The molecule has 1 aromatic rings. The number of carbonyl (C=O) groups is 3. The highest BCUT2D eigenvalue weighted by Gasteiger charge is 2.48. The average molecular weight is 345 g/mol. The van der Waals surface area contributed by atoms with E-state index in [0.717, 1.165) is 0 Å². The fourth-order valence-electron chi connectivity index (χ4n) is 3.14. The highest BCUT2D eigenvalue weighted by Crippen LogP contribution is 2.44. The van der Waals surface area contributed by atoms with E-state index in [1.54, 1.807) is 38.1 Å². The number of rotatable bonds is 4. The smallest absolute Gasteiger partial charge is 0.343 e. The van der Waals surface area contributed by atoms with Crippen LogP contribution in [-0.2, 0) is 23.9 Å². The first-order valence-electron chi connectivity index (χ1n) is 7.90. The van der Waals surface area contributed by atoms with Crippen molar-refractivity contribution in [3.05, 3.63) is 41.1 Å². The summed E-state index contributed by atoms with van der Waals surface area (Å²) in [6, 6.07) is 7.01. The molecule has 0 aromatic heterocycles. The van der Waals surface area contributed by atoms with E-state index in [4.69, 9.17) is 9.47 Å². The molecule has 0 fully saturated rings. The van der Waals surface area contributed by atoms with Crippen LogP contribution in [0.2, 0.25) is 0 Å². The maximum Gasteiger partial charge on any atom is 0.343 e. The summed E-state index contributed by atoms with van der Waals surface area (Å²) < 4.78 is 15.5. The Morgan fingerprint density at radius 3 is 2.76 bits per heavy atom. The second-order valence-corrected chi connectivity index (χ2v) is 6.40. The van der Waals surface area contributed by atoms with Gasteiger partial charge in [0.2, 0.25) is 5.91 Å². The van der Waals surface area contributed by atoms with Crippen LogP contribution in [0.15, 0.2) is 35.5 Å². The number of esters is 2. The lowest BCUT2D eigenvalue weighted by atomic mass is 9.82. The summed E-state index contributed by atoms with van der Waals surface area (Å²) in [6.07, 6.45) is 0.0998. The molecule has 3 rings (SSSR count). The Hall–Kier alpha value is -2.83. The molecule has 0 spiro atoms. The Kier molecular flexibility index (Phi) is 4.24. The summed E-state index contributed by atoms with van der Waals surface area (Å²) in [7, 11) is 1.27. The third-order valence-corrected chi connectivity index (χ3v) is 4.31. The van der Waals surface area contributed by atoms with Crippen LogP contribution >= 0.6 is 0 Å². The Bertz CT molecular complexity index is 780. The molecule has 1 N–H and O–H groups in total. The van der Waals surface area contributed by atoms with Gasteiger partial charge in [-0.05, 0) is 19.9 Å². The summed E-state index contributed by atoms with van der Waals surface area (Å²) in [5.41, 5.74) is 0.686. The molecule has 132 valence electrons. The van der Waals surface area contributed by atoms with Crippen LogP contribution in [-0.4, -0.2) is 37.2 Å². The molecule has 2 heterocycles. The van der Waals surface area contributed by atoms with Crippen molar-refractivity contribution in [2.24, 2.45) is 0 Å². The lowest BCUT2D eigenvalue weighted by Gasteiger charge is -2.27. The second kappa shape index (κ2) is 6.23. The van der Waals surface area contributed by atoms with Crippen molar-refractivity contribution in [2.45, 2.75) is 31.8 Å². The molecule has 0 saturated carbocycles. The molecular weight excluding hydrogens is 326 g/mol. The largest absolute Gasteiger partial charge is 0.482 e. The highest BCUT2D eigenvalue weighted by atomic mass is 16.6. The number of amides is 1. The number of cyclic esters (lactones) is 1. The maximum atomic E-state index is 12.4. The fourth-order valence-corrected chi connectivity index (χ4v) is 3.14. The van der Waals surface area contributed by atoms with Crippen LogP contribution in [0.3, 0.4) is 0 Å². The van der Waals surface area contributed by atoms with Crippen molar-refractivity contribution in [1.29, 1.82) is 0 Å². The minimum absolute atomic E-state index is 0.0998.